The van der Waals surface area contributed by atoms with E-state index in [9.17, 15) is 4.39 Å². The largest absolute Gasteiger partial charge is 0.497 e. The lowest BCUT2D eigenvalue weighted by Gasteiger charge is -2.19. The van der Waals surface area contributed by atoms with Gasteiger partial charge in [-0.05, 0) is 48.5 Å². The van der Waals surface area contributed by atoms with Gasteiger partial charge in [-0.3, -0.25) is 0 Å². The molecule has 0 aliphatic carbocycles. The zero-order chi connectivity index (χ0) is 13.8. The number of methoxy groups -OCH3 is 1. The van der Waals surface area contributed by atoms with Gasteiger partial charge in [0.15, 0.2) is 0 Å². The van der Waals surface area contributed by atoms with Gasteiger partial charge in [0.1, 0.15) is 11.6 Å². The van der Waals surface area contributed by atoms with E-state index in [1.54, 1.807) is 13.2 Å². The minimum Gasteiger partial charge on any atom is -0.497 e. The van der Waals surface area contributed by atoms with Crippen LogP contribution in [0.2, 0.25) is 0 Å². The second kappa shape index (κ2) is 6.17. The van der Waals surface area contributed by atoms with Crippen molar-refractivity contribution in [2.75, 3.05) is 14.2 Å². The van der Waals surface area contributed by atoms with Crippen molar-refractivity contribution >= 4 is 15.9 Å². The summed E-state index contributed by atoms with van der Waals surface area (Å²) >= 11 is 3.47. The van der Waals surface area contributed by atoms with Gasteiger partial charge in [-0.25, -0.2) is 4.39 Å². The number of nitrogens with one attached hydrogen (secondary N) is 1. The third-order valence-corrected chi connectivity index (χ3v) is 3.73. The van der Waals surface area contributed by atoms with Crippen LogP contribution in [-0.4, -0.2) is 14.2 Å². The summed E-state index contributed by atoms with van der Waals surface area (Å²) in [5, 5.41) is 3.20. The fourth-order valence-corrected chi connectivity index (χ4v) is 2.51. The van der Waals surface area contributed by atoms with Crippen LogP contribution in [-0.2, 0) is 0 Å². The molecule has 0 fully saturated rings. The summed E-state index contributed by atoms with van der Waals surface area (Å²) in [5.41, 5.74) is 1.92. The molecule has 0 amide bonds. The molecular weight excluding hydrogens is 309 g/mol. The van der Waals surface area contributed by atoms with Gasteiger partial charge in [0.25, 0.3) is 0 Å². The molecule has 0 heterocycles. The first kappa shape index (κ1) is 14.0. The number of hydrogen-bond donors (Lipinski definition) is 1. The molecule has 2 aromatic carbocycles. The molecule has 0 bridgehead atoms. The van der Waals surface area contributed by atoms with Crippen LogP contribution in [0, 0.1) is 5.82 Å². The van der Waals surface area contributed by atoms with E-state index in [1.807, 2.05) is 31.3 Å². The number of benzene rings is 2. The van der Waals surface area contributed by atoms with Crippen molar-refractivity contribution in [1.82, 2.24) is 5.32 Å². The van der Waals surface area contributed by atoms with Crippen LogP contribution in [0.3, 0.4) is 0 Å². The van der Waals surface area contributed by atoms with Crippen molar-refractivity contribution in [2.24, 2.45) is 0 Å². The minimum absolute atomic E-state index is 0.0732. The molecule has 2 nitrogen and oxygen atoms in total. The van der Waals surface area contributed by atoms with Gasteiger partial charge in [-0.2, -0.15) is 0 Å². The summed E-state index contributed by atoms with van der Waals surface area (Å²) in [7, 11) is 3.49. The highest BCUT2D eigenvalue weighted by Crippen LogP contribution is 2.29. The van der Waals surface area contributed by atoms with Gasteiger partial charge < -0.3 is 10.1 Å². The van der Waals surface area contributed by atoms with Gasteiger partial charge in [-0.1, -0.05) is 28.1 Å². The normalized spacial score (nSPS) is 12.2. The van der Waals surface area contributed by atoms with E-state index in [2.05, 4.69) is 21.2 Å². The number of ether oxygens (including phenoxy) is 1. The molecule has 0 saturated carbocycles. The quantitative estimate of drug-likeness (QED) is 0.921. The Hall–Kier alpha value is -1.39. The molecule has 0 spiro atoms. The van der Waals surface area contributed by atoms with Crippen LogP contribution < -0.4 is 10.1 Å². The first-order valence-electron chi connectivity index (χ1n) is 5.92. The third-order valence-electron chi connectivity index (χ3n) is 3.01. The Morgan fingerprint density at radius 3 is 2.42 bits per heavy atom. The molecule has 100 valence electrons. The Kier molecular flexibility index (Phi) is 4.56. The molecule has 19 heavy (non-hydrogen) atoms. The van der Waals surface area contributed by atoms with E-state index in [4.69, 9.17) is 4.74 Å². The Morgan fingerprint density at radius 1 is 1.16 bits per heavy atom. The zero-order valence-electron chi connectivity index (χ0n) is 10.8. The topological polar surface area (TPSA) is 21.3 Å². The van der Waals surface area contributed by atoms with Crippen LogP contribution in [0.5, 0.6) is 5.75 Å². The van der Waals surface area contributed by atoms with Gasteiger partial charge in [0.2, 0.25) is 0 Å². The van der Waals surface area contributed by atoms with Gasteiger partial charge in [-0.15, -0.1) is 0 Å². The first-order valence-corrected chi connectivity index (χ1v) is 6.71. The lowest BCUT2D eigenvalue weighted by atomic mass is 9.99. The van der Waals surface area contributed by atoms with Crippen molar-refractivity contribution in [3.8, 4) is 5.75 Å². The maximum Gasteiger partial charge on any atom is 0.123 e. The van der Waals surface area contributed by atoms with Crippen molar-refractivity contribution in [3.63, 3.8) is 0 Å². The molecule has 1 unspecified atom stereocenters. The highest BCUT2D eigenvalue weighted by molar-refractivity contribution is 9.10. The van der Waals surface area contributed by atoms with E-state index in [-0.39, 0.29) is 11.9 Å². The van der Waals surface area contributed by atoms with E-state index in [1.165, 1.54) is 12.1 Å². The Labute approximate surface area is 120 Å². The number of hydrogen-bond acceptors (Lipinski definition) is 2. The van der Waals surface area contributed by atoms with Gasteiger partial charge >= 0.3 is 0 Å². The summed E-state index contributed by atoms with van der Waals surface area (Å²) in [6, 6.07) is 12.4. The van der Waals surface area contributed by atoms with Crippen molar-refractivity contribution in [3.05, 3.63) is 63.9 Å². The average Bonchev–Trinajstić information content (AvgIpc) is 2.44. The first-order chi connectivity index (χ1) is 9.15. The van der Waals surface area contributed by atoms with Crippen LogP contribution in [0.1, 0.15) is 17.2 Å². The Bertz CT molecular complexity index is 557. The van der Waals surface area contributed by atoms with E-state index in [0.717, 1.165) is 21.3 Å². The fraction of sp³-hybridized carbons (Fsp3) is 0.200. The van der Waals surface area contributed by atoms with E-state index >= 15 is 0 Å². The molecule has 1 N–H and O–H groups in total. The highest BCUT2D eigenvalue weighted by Gasteiger charge is 2.15. The molecule has 2 aromatic rings. The number of halogens is 2. The van der Waals surface area contributed by atoms with Crippen LogP contribution >= 0.6 is 15.9 Å². The van der Waals surface area contributed by atoms with Crippen LogP contribution in [0.4, 0.5) is 4.39 Å². The average molecular weight is 324 g/mol. The third kappa shape index (κ3) is 3.14. The molecule has 0 aliphatic rings. The lowest BCUT2D eigenvalue weighted by molar-refractivity contribution is 0.414. The summed E-state index contributed by atoms with van der Waals surface area (Å²) in [6.45, 7) is 0. The maximum absolute atomic E-state index is 13.4. The van der Waals surface area contributed by atoms with Crippen molar-refractivity contribution in [2.45, 2.75) is 6.04 Å². The predicted molar refractivity (Wildman–Crippen MR) is 78.0 cm³/mol. The van der Waals surface area contributed by atoms with E-state index in [0.29, 0.717) is 0 Å². The maximum atomic E-state index is 13.4. The molecule has 2 rings (SSSR count). The molecule has 0 radical (unpaired) electrons. The molecule has 1 atom stereocenters. The molecule has 0 saturated heterocycles. The van der Waals surface area contributed by atoms with Crippen molar-refractivity contribution in [1.29, 1.82) is 0 Å². The van der Waals surface area contributed by atoms with Crippen LogP contribution in [0.15, 0.2) is 46.9 Å². The van der Waals surface area contributed by atoms with Gasteiger partial charge in [0, 0.05) is 4.47 Å². The highest BCUT2D eigenvalue weighted by atomic mass is 79.9. The molecule has 0 aliphatic heterocycles. The van der Waals surface area contributed by atoms with Crippen molar-refractivity contribution < 1.29 is 9.13 Å². The van der Waals surface area contributed by atoms with Gasteiger partial charge in [0.05, 0.1) is 13.2 Å². The Balaban J connectivity index is 2.40. The number of rotatable bonds is 4. The molecule has 4 heteroatoms. The lowest BCUT2D eigenvalue weighted by Crippen LogP contribution is -2.18. The van der Waals surface area contributed by atoms with E-state index < -0.39 is 0 Å². The summed E-state index contributed by atoms with van der Waals surface area (Å²) in [5.74, 6) is 0.559. The monoisotopic (exact) mass is 323 g/mol. The standard InChI is InChI=1S/C15H15BrFNO/c1-18-15(10-3-6-12(19-2)7-4-10)13-9-11(17)5-8-14(13)16/h3-9,15,18H,1-2H3. The molecular formula is C15H15BrFNO. The predicted octanol–water partition coefficient (Wildman–Crippen LogP) is 3.91. The zero-order valence-corrected chi connectivity index (χ0v) is 12.4. The Morgan fingerprint density at radius 2 is 1.84 bits per heavy atom. The SMILES string of the molecule is CNC(c1ccc(OC)cc1)c1cc(F)ccc1Br. The minimum atomic E-state index is -0.244. The van der Waals surface area contributed by atoms with Crippen LogP contribution in [0.25, 0.3) is 0 Å². The molecule has 0 aromatic heterocycles. The second-order valence-corrected chi connectivity index (χ2v) is 5.02. The summed E-state index contributed by atoms with van der Waals surface area (Å²) in [6.07, 6.45) is 0. The smallest absolute Gasteiger partial charge is 0.123 e. The fourth-order valence-electron chi connectivity index (χ4n) is 2.03. The summed E-state index contributed by atoms with van der Waals surface area (Å²) in [4.78, 5) is 0. The second-order valence-electron chi connectivity index (χ2n) is 4.16. The summed E-state index contributed by atoms with van der Waals surface area (Å²) < 4.78 is 19.4.